The summed E-state index contributed by atoms with van der Waals surface area (Å²) in [5.41, 5.74) is 4.58. The lowest BCUT2D eigenvalue weighted by Crippen LogP contribution is -2.21. The Hall–Kier alpha value is -3.93. The highest BCUT2D eigenvalue weighted by Gasteiger charge is 2.12. The molecule has 30 heavy (non-hydrogen) atoms. The van der Waals surface area contributed by atoms with Crippen molar-refractivity contribution < 1.29 is 4.74 Å². The molecule has 6 nitrogen and oxygen atoms in total. The van der Waals surface area contributed by atoms with Crippen molar-refractivity contribution in [2.75, 3.05) is 7.11 Å². The standard InChI is InChI=1S/C24H20N4O2/c1-30-19-9-7-17(8-10-19)11-13-27-14-12-22-21(24(27)29)15-25-23-20(16-26-28(22)23)18-5-3-2-4-6-18/h2-10,12,14-16H,11,13H2,1H3. The van der Waals surface area contributed by atoms with Gasteiger partial charge in [-0.15, -0.1) is 0 Å². The number of pyridine rings is 1. The number of fused-ring (bicyclic) bond motifs is 3. The summed E-state index contributed by atoms with van der Waals surface area (Å²) in [6.07, 6.45) is 6.04. The molecule has 5 rings (SSSR count). The van der Waals surface area contributed by atoms with Gasteiger partial charge in [-0.3, -0.25) is 4.79 Å². The van der Waals surface area contributed by atoms with Gasteiger partial charge in [0.15, 0.2) is 5.65 Å². The number of ether oxygens (including phenoxy) is 1. The smallest absolute Gasteiger partial charge is 0.261 e. The van der Waals surface area contributed by atoms with Crippen LogP contribution in [0.3, 0.4) is 0 Å². The first-order chi connectivity index (χ1) is 14.7. The van der Waals surface area contributed by atoms with Crippen molar-refractivity contribution in [1.29, 1.82) is 0 Å². The summed E-state index contributed by atoms with van der Waals surface area (Å²) in [5, 5.41) is 5.06. The van der Waals surface area contributed by atoms with Gasteiger partial charge < -0.3 is 9.30 Å². The van der Waals surface area contributed by atoms with E-state index in [2.05, 4.69) is 10.1 Å². The summed E-state index contributed by atoms with van der Waals surface area (Å²) in [7, 11) is 1.65. The predicted molar refractivity (Wildman–Crippen MR) is 117 cm³/mol. The van der Waals surface area contributed by atoms with Crippen LogP contribution < -0.4 is 10.3 Å². The zero-order chi connectivity index (χ0) is 20.5. The molecular weight excluding hydrogens is 376 g/mol. The Labute approximate surface area is 173 Å². The molecule has 0 saturated heterocycles. The van der Waals surface area contributed by atoms with Crippen LogP contribution in [0, 0.1) is 0 Å². The van der Waals surface area contributed by atoms with Crippen LogP contribution in [-0.2, 0) is 13.0 Å². The molecule has 0 aliphatic rings. The van der Waals surface area contributed by atoms with E-state index >= 15 is 0 Å². The molecule has 3 aromatic heterocycles. The van der Waals surface area contributed by atoms with E-state index in [1.54, 1.807) is 28.6 Å². The van der Waals surface area contributed by atoms with Crippen LogP contribution in [0.1, 0.15) is 5.56 Å². The van der Waals surface area contributed by atoms with Crippen LogP contribution in [-0.4, -0.2) is 26.3 Å². The minimum absolute atomic E-state index is 0.0628. The second-order valence-corrected chi connectivity index (χ2v) is 7.13. The number of benzene rings is 2. The third-order valence-electron chi connectivity index (χ3n) is 5.35. The topological polar surface area (TPSA) is 61.4 Å². The molecule has 148 valence electrons. The van der Waals surface area contributed by atoms with Crippen LogP contribution in [0.25, 0.3) is 27.7 Å². The van der Waals surface area contributed by atoms with E-state index in [0.29, 0.717) is 11.9 Å². The van der Waals surface area contributed by atoms with Crippen LogP contribution in [0.15, 0.2) is 84.0 Å². The molecule has 0 spiro atoms. The SMILES string of the molecule is COc1ccc(CCn2ccc3c(cnc4c(-c5ccccc5)cnn43)c2=O)cc1. The highest BCUT2D eigenvalue weighted by atomic mass is 16.5. The van der Waals surface area contributed by atoms with E-state index in [4.69, 9.17) is 4.74 Å². The molecule has 0 fully saturated rings. The average molecular weight is 396 g/mol. The van der Waals surface area contributed by atoms with Gasteiger partial charge in [-0.05, 0) is 35.7 Å². The quantitative estimate of drug-likeness (QED) is 0.451. The first-order valence-corrected chi connectivity index (χ1v) is 9.79. The first-order valence-electron chi connectivity index (χ1n) is 9.79. The molecule has 0 radical (unpaired) electrons. The van der Waals surface area contributed by atoms with Gasteiger partial charge in [0, 0.05) is 24.5 Å². The number of rotatable bonds is 5. The molecule has 6 heteroatoms. The fourth-order valence-electron chi connectivity index (χ4n) is 3.70. The summed E-state index contributed by atoms with van der Waals surface area (Å²) >= 11 is 0. The zero-order valence-electron chi connectivity index (χ0n) is 16.5. The highest BCUT2D eigenvalue weighted by Crippen LogP contribution is 2.24. The minimum Gasteiger partial charge on any atom is -0.497 e. The Morgan fingerprint density at radius 3 is 2.53 bits per heavy atom. The van der Waals surface area contributed by atoms with Crippen molar-refractivity contribution in [2.45, 2.75) is 13.0 Å². The van der Waals surface area contributed by atoms with Gasteiger partial charge in [-0.25, -0.2) is 9.50 Å². The Balaban J connectivity index is 1.49. The minimum atomic E-state index is -0.0628. The van der Waals surface area contributed by atoms with Crippen LogP contribution in [0.2, 0.25) is 0 Å². The van der Waals surface area contributed by atoms with Crippen molar-refractivity contribution in [3.8, 4) is 16.9 Å². The third-order valence-corrected chi connectivity index (χ3v) is 5.35. The molecular formula is C24H20N4O2. The zero-order valence-corrected chi connectivity index (χ0v) is 16.5. The third kappa shape index (κ3) is 3.12. The Kier molecular flexibility index (Phi) is 4.52. The van der Waals surface area contributed by atoms with Crippen molar-refractivity contribution in [3.05, 3.63) is 95.2 Å². The maximum Gasteiger partial charge on any atom is 0.261 e. The van der Waals surface area contributed by atoms with Crippen LogP contribution in [0.4, 0.5) is 0 Å². The summed E-state index contributed by atoms with van der Waals surface area (Å²) in [6.45, 7) is 0.591. The van der Waals surface area contributed by atoms with E-state index in [1.807, 2.05) is 66.9 Å². The van der Waals surface area contributed by atoms with E-state index in [-0.39, 0.29) is 5.56 Å². The van der Waals surface area contributed by atoms with Crippen molar-refractivity contribution in [1.82, 2.24) is 19.2 Å². The van der Waals surface area contributed by atoms with Gasteiger partial charge >= 0.3 is 0 Å². The molecule has 0 saturated carbocycles. The first kappa shape index (κ1) is 18.1. The lowest BCUT2D eigenvalue weighted by molar-refractivity contribution is 0.414. The van der Waals surface area contributed by atoms with Gasteiger partial charge in [0.1, 0.15) is 5.75 Å². The summed E-state index contributed by atoms with van der Waals surface area (Å²) in [6, 6.07) is 19.8. The second-order valence-electron chi connectivity index (χ2n) is 7.13. The number of aryl methyl sites for hydroxylation is 2. The molecule has 0 aliphatic carbocycles. The molecule has 2 aromatic carbocycles. The maximum atomic E-state index is 13.0. The number of nitrogens with zero attached hydrogens (tertiary/aromatic N) is 4. The van der Waals surface area contributed by atoms with Crippen molar-refractivity contribution in [3.63, 3.8) is 0 Å². The lowest BCUT2D eigenvalue weighted by Gasteiger charge is -2.09. The molecule has 0 unspecified atom stereocenters. The summed E-state index contributed by atoms with van der Waals surface area (Å²) in [5.74, 6) is 0.825. The molecule has 0 bridgehead atoms. The second kappa shape index (κ2) is 7.48. The van der Waals surface area contributed by atoms with Gasteiger partial charge in [-0.2, -0.15) is 5.10 Å². The summed E-state index contributed by atoms with van der Waals surface area (Å²) in [4.78, 5) is 17.6. The van der Waals surface area contributed by atoms with Crippen LogP contribution in [0.5, 0.6) is 5.75 Å². The van der Waals surface area contributed by atoms with Gasteiger partial charge in [-0.1, -0.05) is 42.5 Å². The van der Waals surface area contributed by atoms with Gasteiger partial charge in [0.05, 0.1) is 24.2 Å². The fourth-order valence-corrected chi connectivity index (χ4v) is 3.70. The van der Waals surface area contributed by atoms with Crippen molar-refractivity contribution >= 4 is 16.6 Å². The predicted octanol–water partition coefficient (Wildman–Crippen LogP) is 3.96. The van der Waals surface area contributed by atoms with E-state index < -0.39 is 0 Å². The number of hydrogen-bond donors (Lipinski definition) is 0. The van der Waals surface area contributed by atoms with E-state index in [1.165, 1.54) is 0 Å². The maximum absolute atomic E-state index is 13.0. The van der Waals surface area contributed by atoms with Crippen molar-refractivity contribution in [2.24, 2.45) is 0 Å². The molecule has 0 atom stereocenters. The molecule has 0 N–H and O–H groups in total. The number of aromatic nitrogens is 4. The largest absolute Gasteiger partial charge is 0.497 e. The normalized spacial score (nSPS) is 11.2. The van der Waals surface area contributed by atoms with E-state index in [0.717, 1.165) is 40.0 Å². The number of hydrogen-bond acceptors (Lipinski definition) is 4. The van der Waals surface area contributed by atoms with Crippen LogP contribution >= 0.6 is 0 Å². The van der Waals surface area contributed by atoms with E-state index in [9.17, 15) is 4.79 Å². The average Bonchev–Trinajstić information content (AvgIpc) is 3.24. The lowest BCUT2D eigenvalue weighted by atomic mass is 10.1. The summed E-state index contributed by atoms with van der Waals surface area (Å²) < 4.78 is 8.66. The number of methoxy groups -OCH3 is 1. The fraction of sp³-hybridized carbons (Fsp3) is 0.125. The Morgan fingerprint density at radius 1 is 0.967 bits per heavy atom. The van der Waals surface area contributed by atoms with Gasteiger partial charge in [0.2, 0.25) is 0 Å². The van der Waals surface area contributed by atoms with Gasteiger partial charge in [0.25, 0.3) is 5.56 Å². The molecule has 0 aliphatic heterocycles. The molecule has 5 aromatic rings. The Bertz CT molecular complexity index is 1390. The molecule has 0 amide bonds. The Morgan fingerprint density at radius 2 is 1.77 bits per heavy atom. The molecule has 3 heterocycles. The highest BCUT2D eigenvalue weighted by molar-refractivity contribution is 5.84. The monoisotopic (exact) mass is 396 g/mol.